The van der Waals surface area contributed by atoms with Gasteiger partial charge in [-0.1, -0.05) is 12.1 Å². The van der Waals surface area contributed by atoms with Crippen LogP contribution in [0, 0.1) is 13.8 Å². The van der Waals surface area contributed by atoms with E-state index in [4.69, 9.17) is 4.74 Å². The van der Waals surface area contributed by atoms with Crippen molar-refractivity contribution < 1.29 is 9.53 Å². The zero-order valence-electron chi connectivity index (χ0n) is 10.7. The van der Waals surface area contributed by atoms with E-state index in [1.54, 1.807) is 12.1 Å². The Morgan fingerprint density at radius 3 is 2.78 bits per heavy atom. The summed E-state index contributed by atoms with van der Waals surface area (Å²) in [6.07, 6.45) is 0. The van der Waals surface area contributed by atoms with Crippen LogP contribution in [-0.2, 0) is 0 Å². The largest absolute Gasteiger partial charge is 0.494 e. The van der Waals surface area contributed by atoms with Gasteiger partial charge in [0.25, 0.3) is 0 Å². The average Bonchev–Trinajstić information content (AvgIpc) is 2.68. The lowest BCUT2D eigenvalue weighted by molar-refractivity contribution is 0.104. The predicted molar refractivity (Wildman–Crippen MR) is 72.6 cm³/mol. The fraction of sp³-hybridized carbons (Fsp3) is 0.286. The van der Waals surface area contributed by atoms with Crippen molar-refractivity contribution in [3.05, 3.63) is 45.4 Å². The number of carbonyl (C=O) groups is 1. The molecule has 1 aromatic heterocycles. The molecule has 0 atom stereocenters. The van der Waals surface area contributed by atoms with Gasteiger partial charge in [0.05, 0.1) is 22.2 Å². The zero-order chi connectivity index (χ0) is 13.1. The van der Waals surface area contributed by atoms with E-state index in [-0.39, 0.29) is 5.78 Å². The molecule has 4 heteroatoms. The first-order valence-corrected chi connectivity index (χ1v) is 6.65. The lowest BCUT2D eigenvalue weighted by Crippen LogP contribution is -2.01. The highest BCUT2D eigenvalue weighted by molar-refractivity contribution is 7.14. The number of ketones is 1. The van der Waals surface area contributed by atoms with Crippen LogP contribution in [-0.4, -0.2) is 17.4 Å². The summed E-state index contributed by atoms with van der Waals surface area (Å²) in [5.74, 6) is 0.738. The SMILES string of the molecule is CCOc1cccc(C(=O)c2sc(C)nc2C)c1. The van der Waals surface area contributed by atoms with Crippen LogP contribution in [0.1, 0.15) is 32.9 Å². The standard InChI is InChI=1S/C14H15NO2S/c1-4-17-12-7-5-6-11(8-12)13(16)14-9(2)15-10(3)18-14/h5-8H,4H2,1-3H3. The highest BCUT2D eigenvalue weighted by Crippen LogP contribution is 2.23. The van der Waals surface area contributed by atoms with Crippen molar-refractivity contribution in [3.63, 3.8) is 0 Å². The van der Waals surface area contributed by atoms with Crippen LogP contribution >= 0.6 is 11.3 Å². The molecule has 0 saturated carbocycles. The summed E-state index contributed by atoms with van der Waals surface area (Å²) in [4.78, 5) is 17.3. The molecule has 0 aliphatic carbocycles. The summed E-state index contributed by atoms with van der Waals surface area (Å²) in [6.45, 7) is 6.29. The van der Waals surface area contributed by atoms with Gasteiger partial charge in [0.2, 0.25) is 5.78 Å². The molecule has 0 N–H and O–H groups in total. The Hall–Kier alpha value is -1.68. The second kappa shape index (κ2) is 5.31. The summed E-state index contributed by atoms with van der Waals surface area (Å²) in [7, 11) is 0. The molecule has 1 heterocycles. The maximum atomic E-state index is 12.4. The molecule has 2 aromatic rings. The minimum Gasteiger partial charge on any atom is -0.494 e. The van der Waals surface area contributed by atoms with Crippen molar-refractivity contribution in [1.82, 2.24) is 4.98 Å². The summed E-state index contributed by atoms with van der Waals surface area (Å²) >= 11 is 1.44. The fourth-order valence-electron chi connectivity index (χ4n) is 1.77. The maximum absolute atomic E-state index is 12.4. The van der Waals surface area contributed by atoms with Gasteiger partial charge < -0.3 is 4.74 Å². The zero-order valence-corrected chi connectivity index (χ0v) is 11.5. The molecule has 0 spiro atoms. The molecular weight excluding hydrogens is 246 g/mol. The Morgan fingerprint density at radius 2 is 2.17 bits per heavy atom. The van der Waals surface area contributed by atoms with E-state index in [2.05, 4.69) is 4.98 Å². The van der Waals surface area contributed by atoms with Crippen LogP contribution < -0.4 is 4.74 Å². The number of thiazole rings is 1. The van der Waals surface area contributed by atoms with Gasteiger partial charge in [-0.15, -0.1) is 11.3 Å². The molecule has 0 unspecified atom stereocenters. The third-order valence-electron chi connectivity index (χ3n) is 2.52. The lowest BCUT2D eigenvalue weighted by atomic mass is 10.1. The third kappa shape index (κ3) is 2.59. The molecule has 0 fully saturated rings. The molecule has 0 aliphatic heterocycles. The Labute approximate surface area is 110 Å². The highest BCUT2D eigenvalue weighted by Gasteiger charge is 2.16. The summed E-state index contributed by atoms with van der Waals surface area (Å²) in [5, 5.41) is 0.914. The van der Waals surface area contributed by atoms with E-state index in [9.17, 15) is 4.79 Å². The van der Waals surface area contributed by atoms with E-state index in [1.165, 1.54) is 11.3 Å². The number of rotatable bonds is 4. The van der Waals surface area contributed by atoms with Gasteiger partial charge in [-0.25, -0.2) is 4.98 Å². The van der Waals surface area contributed by atoms with Crippen LogP contribution in [0.2, 0.25) is 0 Å². The van der Waals surface area contributed by atoms with Crippen molar-refractivity contribution in [2.75, 3.05) is 6.61 Å². The molecule has 0 amide bonds. The third-order valence-corrected chi connectivity index (χ3v) is 3.59. The van der Waals surface area contributed by atoms with Crippen molar-refractivity contribution in [2.45, 2.75) is 20.8 Å². The molecule has 0 aliphatic rings. The molecule has 1 aromatic carbocycles. The van der Waals surface area contributed by atoms with Crippen molar-refractivity contribution in [1.29, 1.82) is 0 Å². The number of carbonyl (C=O) groups excluding carboxylic acids is 1. The molecular formula is C14H15NO2S. The van der Waals surface area contributed by atoms with Crippen LogP contribution in [0.15, 0.2) is 24.3 Å². The normalized spacial score (nSPS) is 10.4. The van der Waals surface area contributed by atoms with Gasteiger partial charge >= 0.3 is 0 Å². The number of hydrogen-bond acceptors (Lipinski definition) is 4. The van der Waals surface area contributed by atoms with Crippen LogP contribution in [0.4, 0.5) is 0 Å². The fourth-order valence-corrected chi connectivity index (χ4v) is 2.65. The minimum atomic E-state index is 0.0136. The van der Waals surface area contributed by atoms with Gasteiger partial charge in [-0.2, -0.15) is 0 Å². The van der Waals surface area contributed by atoms with Crippen LogP contribution in [0.3, 0.4) is 0 Å². The Balaban J connectivity index is 2.34. The average molecular weight is 261 g/mol. The first kappa shape index (κ1) is 12.8. The number of aryl methyl sites for hydroxylation is 2. The smallest absolute Gasteiger partial charge is 0.204 e. The van der Waals surface area contributed by atoms with Crippen molar-refractivity contribution >= 4 is 17.1 Å². The molecule has 0 bridgehead atoms. The second-order valence-corrected chi connectivity index (χ2v) is 5.14. The number of ether oxygens (including phenoxy) is 1. The molecule has 0 radical (unpaired) electrons. The van der Waals surface area contributed by atoms with Crippen molar-refractivity contribution in [3.8, 4) is 5.75 Å². The minimum absolute atomic E-state index is 0.0136. The van der Waals surface area contributed by atoms with Gasteiger partial charge in [0.15, 0.2) is 0 Å². The van der Waals surface area contributed by atoms with Gasteiger partial charge in [0.1, 0.15) is 5.75 Å². The predicted octanol–water partition coefficient (Wildman–Crippen LogP) is 3.39. The molecule has 18 heavy (non-hydrogen) atoms. The maximum Gasteiger partial charge on any atom is 0.204 e. The second-order valence-electron chi connectivity index (χ2n) is 3.94. The summed E-state index contributed by atoms with van der Waals surface area (Å²) in [5.41, 5.74) is 1.44. The lowest BCUT2D eigenvalue weighted by Gasteiger charge is -2.04. The van der Waals surface area contributed by atoms with Gasteiger partial charge in [-0.3, -0.25) is 4.79 Å². The first-order chi connectivity index (χ1) is 8.61. The van der Waals surface area contributed by atoms with Crippen LogP contribution in [0.25, 0.3) is 0 Å². The highest BCUT2D eigenvalue weighted by atomic mass is 32.1. The Kier molecular flexibility index (Phi) is 3.77. The quantitative estimate of drug-likeness (QED) is 0.792. The molecule has 0 saturated heterocycles. The van der Waals surface area contributed by atoms with E-state index < -0.39 is 0 Å². The van der Waals surface area contributed by atoms with Gasteiger partial charge in [-0.05, 0) is 32.9 Å². The molecule has 2 rings (SSSR count). The van der Waals surface area contributed by atoms with Gasteiger partial charge in [0, 0.05) is 5.56 Å². The Morgan fingerprint density at radius 1 is 1.39 bits per heavy atom. The van der Waals surface area contributed by atoms with E-state index in [0.717, 1.165) is 16.5 Å². The summed E-state index contributed by atoms with van der Waals surface area (Å²) < 4.78 is 5.40. The number of hydrogen-bond donors (Lipinski definition) is 0. The monoisotopic (exact) mass is 261 g/mol. The van der Waals surface area contributed by atoms with E-state index >= 15 is 0 Å². The topological polar surface area (TPSA) is 39.2 Å². The number of aromatic nitrogens is 1. The van der Waals surface area contributed by atoms with E-state index in [0.29, 0.717) is 17.0 Å². The summed E-state index contributed by atoms with van der Waals surface area (Å²) in [6, 6.07) is 7.27. The first-order valence-electron chi connectivity index (χ1n) is 5.83. The number of nitrogens with zero attached hydrogens (tertiary/aromatic N) is 1. The van der Waals surface area contributed by atoms with Crippen molar-refractivity contribution in [2.24, 2.45) is 0 Å². The van der Waals surface area contributed by atoms with E-state index in [1.807, 2.05) is 32.9 Å². The Bertz CT molecular complexity index is 575. The molecule has 94 valence electrons. The van der Waals surface area contributed by atoms with Crippen LogP contribution in [0.5, 0.6) is 5.75 Å². The molecule has 3 nitrogen and oxygen atoms in total. The number of benzene rings is 1.